The summed E-state index contributed by atoms with van der Waals surface area (Å²) in [5.41, 5.74) is 1.80. The van der Waals surface area contributed by atoms with Gasteiger partial charge in [-0.3, -0.25) is 4.79 Å². The second kappa shape index (κ2) is 7.65. The zero-order chi connectivity index (χ0) is 17.1. The van der Waals surface area contributed by atoms with E-state index in [0.717, 1.165) is 32.1 Å². The summed E-state index contributed by atoms with van der Waals surface area (Å²) in [6, 6.07) is 13.6. The van der Waals surface area contributed by atoms with E-state index in [1.165, 1.54) is 0 Å². The van der Waals surface area contributed by atoms with Crippen molar-refractivity contribution in [2.75, 3.05) is 30.1 Å². The average molecular weight is 455 g/mol. The molecule has 0 saturated carbocycles. The van der Waals surface area contributed by atoms with Gasteiger partial charge in [-0.1, -0.05) is 34.7 Å². The number of methoxy groups -OCH3 is 1. The van der Waals surface area contributed by atoms with E-state index in [9.17, 15) is 4.79 Å². The normalized spacial score (nSPS) is 16.7. The molecule has 0 N–H and O–H groups in total. The largest absolute Gasteiger partial charge is 0.497 e. The lowest BCUT2D eigenvalue weighted by Gasteiger charge is -2.31. The predicted molar refractivity (Wildman–Crippen MR) is 106 cm³/mol. The van der Waals surface area contributed by atoms with Crippen LogP contribution in [0.5, 0.6) is 11.5 Å². The van der Waals surface area contributed by atoms with Crippen LogP contribution in [0.25, 0.3) is 0 Å². The second-order valence-corrected chi connectivity index (χ2v) is 7.53. The number of hydrogen-bond donors (Lipinski definition) is 0. The van der Waals surface area contributed by atoms with Crippen LogP contribution in [0.15, 0.2) is 47.4 Å². The van der Waals surface area contributed by atoms with Gasteiger partial charge in [0.25, 0.3) is 0 Å². The molecule has 126 valence electrons. The fraction of sp³-hybridized carbons (Fsp3) is 0.278. The SMILES string of the molecule is COc1ccc(OCCI)c([C@@H]2Sc3ccccc3N(C)C2=O)c1. The molecular formula is C18H18INO3S. The lowest BCUT2D eigenvalue weighted by atomic mass is 10.1. The third-order valence-electron chi connectivity index (χ3n) is 3.86. The number of para-hydroxylation sites is 1. The van der Waals surface area contributed by atoms with E-state index in [4.69, 9.17) is 9.47 Å². The van der Waals surface area contributed by atoms with E-state index < -0.39 is 0 Å². The number of anilines is 1. The number of halogens is 1. The number of likely N-dealkylation sites (N-methyl/N-ethyl adjacent to an activating group) is 1. The van der Waals surface area contributed by atoms with Crippen molar-refractivity contribution in [2.45, 2.75) is 10.1 Å². The van der Waals surface area contributed by atoms with Gasteiger partial charge in [-0.2, -0.15) is 0 Å². The van der Waals surface area contributed by atoms with Crippen molar-refractivity contribution in [1.82, 2.24) is 0 Å². The Morgan fingerprint density at radius 1 is 1.25 bits per heavy atom. The zero-order valence-corrected chi connectivity index (χ0v) is 16.5. The van der Waals surface area contributed by atoms with Crippen molar-refractivity contribution in [2.24, 2.45) is 0 Å². The van der Waals surface area contributed by atoms with E-state index in [2.05, 4.69) is 22.6 Å². The van der Waals surface area contributed by atoms with E-state index >= 15 is 0 Å². The summed E-state index contributed by atoms with van der Waals surface area (Å²) in [4.78, 5) is 15.7. The Balaban J connectivity index is 2.03. The van der Waals surface area contributed by atoms with Crippen LogP contribution in [0, 0.1) is 0 Å². The number of ether oxygens (including phenoxy) is 2. The summed E-state index contributed by atoms with van der Waals surface area (Å²) < 4.78 is 12.1. The summed E-state index contributed by atoms with van der Waals surface area (Å²) in [7, 11) is 3.45. The fourth-order valence-corrected chi connectivity index (χ4v) is 4.17. The molecule has 4 nitrogen and oxygen atoms in total. The highest BCUT2D eigenvalue weighted by Crippen LogP contribution is 2.48. The van der Waals surface area contributed by atoms with E-state index in [-0.39, 0.29) is 11.2 Å². The van der Waals surface area contributed by atoms with Gasteiger partial charge in [0, 0.05) is 21.9 Å². The number of amides is 1. The Morgan fingerprint density at radius 2 is 2.04 bits per heavy atom. The minimum Gasteiger partial charge on any atom is -0.497 e. The molecule has 0 radical (unpaired) electrons. The summed E-state index contributed by atoms with van der Waals surface area (Å²) in [5, 5.41) is -0.343. The minimum atomic E-state index is -0.343. The molecule has 3 rings (SSSR count). The van der Waals surface area contributed by atoms with E-state index in [0.29, 0.717) is 6.61 Å². The van der Waals surface area contributed by atoms with Crippen LogP contribution in [-0.2, 0) is 4.79 Å². The molecule has 1 atom stereocenters. The van der Waals surface area contributed by atoms with Crippen molar-refractivity contribution in [3.63, 3.8) is 0 Å². The molecule has 0 unspecified atom stereocenters. The molecule has 1 aliphatic rings. The monoisotopic (exact) mass is 455 g/mol. The molecular weight excluding hydrogens is 437 g/mol. The average Bonchev–Trinajstić information content (AvgIpc) is 2.63. The van der Waals surface area contributed by atoms with Crippen molar-refractivity contribution < 1.29 is 14.3 Å². The third kappa shape index (κ3) is 3.35. The summed E-state index contributed by atoms with van der Waals surface area (Å²) in [5.74, 6) is 1.51. The van der Waals surface area contributed by atoms with Crippen LogP contribution >= 0.6 is 34.4 Å². The smallest absolute Gasteiger partial charge is 0.244 e. The highest BCUT2D eigenvalue weighted by molar-refractivity contribution is 14.1. The van der Waals surface area contributed by atoms with Gasteiger partial charge in [0.05, 0.1) is 19.4 Å². The van der Waals surface area contributed by atoms with Crippen molar-refractivity contribution in [1.29, 1.82) is 0 Å². The van der Waals surface area contributed by atoms with E-state index in [1.54, 1.807) is 23.8 Å². The molecule has 0 saturated heterocycles. The van der Waals surface area contributed by atoms with Crippen LogP contribution in [-0.4, -0.2) is 31.1 Å². The molecule has 1 aliphatic heterocycles. The molecule has 0 aromatic heterocycles. The molecule has 6 heteroatoms. The van der Waals surface area contributed by atoms with Crippen molar-refractivity contribution in [3.05, 3.63) is 48.0 Å². The van der Waals surface area contributed by atoms with E-state index in [1.807, 2.05) is 49.5 Å². The number of thioether (sulfide) groups is 1. The topological polar surface area (TPSA) is 38.8 Å². The number of alkyl halides is 1. The standard InChI is InChI=1S/C18H18INO3S/c1-20-14-5-3-4-6-16(14)24-17(18(20)21)13-11-12(22-2)7-8-15(13)23-10-9-19/h3-8,11,17H,9-10H2,1-2H3/t17-/m0/s1. The molecule has 0 aliphatic carbocycles. The summed E-state index contributed by atoms with van der Waals surface area (Å²) in [6.07, 6.45) is 0. The lowest BCUT2D eigenvalue weighted by molar-refractivity contribution is -0.118. The molecule has 0 fully saturated rings. The van der Waals surface area contributed by atoms with Gasteiger partial charge in [0.2, 0.25) is 5.91 Å². The van der Waals surface area contributed by atoms with Crippen LogP contribution in [0.4, 0.5) is 5.69 Å². The van der Waals surface area contributed by atoms with Crippen LogP contribution in [0.2, 0.25) is 0 Å². The van der Waals surface area contributed by atoms with Gasteiger partial charge in [0.1, 0.15) is 16.7 Å². The highest BCUT2D eigenvalue weighted by Gasteiger charge is 2.34. The number of rotatable bonds is 5. The minimum absolute atomic E-state index is 0.0475. The molecule has 1 amide bonds. The third-order valence-corrected chi connectivity index (χ3v) is 5.59. The zero-order valence-electron chi connectivity index (χ0n) is 13.5. The molecule has 0 bridgehead atoms. The second-order valence-electron chi connectivity index (χ2n) is 5.30. The van der Waals surface area contributed by atoms with Crippen LogP contribution in [0.1, 0.15) is 10.8 Å². The quantitative estimate of drug-likeness (QED) is 0.498. The summed E-state index contributed by atoms with van der Waals surface area (Å²) in [6.45, 7) is 0.609. The predicted octanol–water partition coefficient (Wildman–Crippen LogP) is 4.32. The first-order chi connectivity index (χ1) is 11.7. The lowest BCUT2D eigenvalue weighted by Crippen LogP contribution is -2.33. The van der Waals surface area contributed by atoms with Gasteiger partial charge < -0.3 is 14.4 Å². The fourth-order valence-electron chi connectivity index (χ4n) is 2.64. The highest BCUT2D eigenvalue weighted by atomic mass is 127. The van der Waals surface area contributed by atoms with Crippen LogP contribution < -0.4 is 14.4 Å². The summed E-state index contributed by atoms with van der Waals surface area (Å²) >= 11 is 3.83. The van der Waals surface area contributed by atoms with Crippen molar-refractivity contribution in [3.8, 4) is 11.5 Å². The molecule has 2 aromatic carbocycles. The van der Waals surface area contributed by atoms with Gasteiger partial charge in [-0.25, -0.2) is 0 Å². The number of nitrogens with zero attached hydrogens (tertiary/aromatic N) is 1. The Hall–Kier alpha value is -1.41. The maximum atomic E-state index is 12.9. The number of carbonyl (C=O) groups is 1. The number of hydrogen-bond acceptors (Lipinski definition) is 4. The Bertz CT molecular complexity index is 753. The number of fused-ring (bicyclic) bond motifs is 1. The Kier molecular flexibility index (Phi) is 5.55. The maximum Gasteiger partial charge on any atom is 0.244 e. The van der Waals surface area contributed by atoms with Gasteiger partial charge in [-0.05, 0) is 30.3 Å². The molecule has 24 heavy (non-hydrogen) atoms. The number of benzene rings is 2. The van der Waals surface area contributed by atoms with Gasteiger partial charge >= 0.3 is 0 Å². The Morgan fingerprint density at radius 3 is 2.79 bits per heavy atom. The molecule has 0 spiro atoms. The first-order valence-electron chi connectivity index (χ1n) is 7.55. The van der Waals surface area contributed by atoms with Crippen molar-refractivity contribution >= 4 is 45.9 Å². The number of carbonyl (C=O) groups excluding carboxylic acids is 1. The van der Waals surface area contributed by atoms with Crippen LogP contribution in [0.3, 0.4) is 0 Å². The first kappa shape index (κ1) is 17.4. The first-order valence-corrected chi connectivity index (χ1v) is 9.96. The molecule has 1 heterocycles. The van der Waals surface area contributed by atoms with Gasteiger partial charge in [0.15, 0.2) is 0 Å². The van der Waals surface area contributed by atoms with Gasteiger partial charge in [-0.15, -0.1) is 11.8 Å². The Labute approximate surface area is 159 Å². The molecule has 2 aromatic rings. The maximum absolute atomic E-state index is 12.9.